The zero-order chi connectivity index (χ0) is 19.8. The smallest absolute Gasteiger partial charge is 0.262 e. The molecule has 5 nitrogen and oxygen atoms in total. The van der Waals surface area contributed by atoms with Crippen LogP contribution in [0.25, 0.3) is 10.9 Å². The molecule has 2 aliphatic carbocycles. The minimum absolute atomic E-state index is 0.0221. The first-order chi connectivity index (χ1) is 13.5. The molecule has 150 valence electrons. The summed E-state index contributed by atoms with van der Waals surface area (Å²) in [7, 11) is 0. The standard InChI is InChI=1S/C22H29N3O2S/c1-13-7-6-10-19(14(13)2)25-21(27)17-8-4-5-9-18(17)24-22(25)28-15(3)20(26)23-16-11-12-16/h4-5,8-9,13-16,19H,6-7,10-12H2,1-3H3,(H,23,26)/t13-,14+,15-,19+/m0/s1. The van der Waals surface area contributed by atoms with Crippen LogP contribution in [0.3, 0.4) is 0 Å². The topological polar surface area (TPSA) is 64.0 Å². The fourth-order valence-electron chi connectivity index (χ4n) is 4.18. The number of rotatable bonds is 5. The van der Waals surface area contributed by atoms with E-state index in [1.807, 2.05) is 35.8 Å². The summed E-state index contributed by atoms with van der Waals surface area (Å²) in [6, 6.07) is 8.00. The molecule has 0 aliphatic heterocycles. The van der Waals surface area contributed by atoms with Gasteiger partial charge in [0.05, 0.1) is 16.2 Å². The molecule has 0 saturated heterocycles. The maximum atomic E-state index is 13.4. The van der Waals surface area contributed by atoms with Crippen LogP contribution in [0, 0.1) is 11.8 Å². The molecule has 0 radical (unpaired) electrons. The molecule has 1 aromatic heterocycles. The second-order valence-electron chi connectivity index (χ2n) is 8.46. The predicted octanol–water partition coefficient (Wildman–Crippen LogP) is 4.15. The van der Waals surface area contributed by atoms with Gasteiger partial charge in [0.15, 0.2) is 5.16 Å². The minimum atomic E-state index is -0.281. The summed E-state index contributed by atoms with van der Waals surface area (Å²) >= 11 is 1.41. The fraction of sp³-hybridized carbons (Fsp3) is 0.591. The number of hydrogen-bond donors (Lipinski definition) is 1. The molecule has 0 unspecified atom stereocenters. The lowest BCUT2D eigenvalue weighted by Crippen LogP contribution is -2.37. The van der Waals surface area contributed by atoms with Crippen molar-refractivity contribution in [3.8, 4) is 0 Å². The number of amides is 1. The van der Waals surface area contributed by atoms with Crippen LogP contribution >= 0.6 is 11.8 Å². The van der Waals surface area contributed by atoms with Crippen molar-refractivity contribution in [3.05, 3.63) is 34.6 Å². The van der Waals surface area contributed by atoms with Crippen LogP contribution in [0.2, 0.25) is 0 Å². The fourth-order valence-corrected chi connectivity index (χ4v) is 5.15. The summed E-state index contributed by atoms with van der Waals surface area (Å²) in [5, 5.41) is 4.12. The Morgan fingerprint density at radius 3 is 2.71 bits per heavy atom. The number of fused-ring (bicyclic) bond motifs is 1. The van der Waals surface area contributed by atoms with Gasteiger partial charge in [-0.1, -0.05) is 50.6 Å². The zero-order valence-electron chi connectivity index (χ0n) is 16.9. The minimum Gasteiger partial charge on any atom is -0.352 e. The van der Waals surface area contributed by atoms with Crippen molar-refractivity contribution in [1.29, 1.82) is 0 Å². The van der Waals surface area contributed by atoms with Gasteiger partial charge in [-0.2, -0.15) is 0 Å². The second kappa shape index (κ2) is 7.90. The average molecular weight is 400 g/mol. The molecular formula is C22H29N3O2S. The van der Waals surface area contributed by atoms with E-state index in [1.54, 1.807) is 0 Å². The molecule has 2 aliphatic rings. The lowest BCUT2D eigenvalue weighted by Gasteiger charge is -2.36. The van der Waals surface area contributed by atoms with Crippen molar-refractivity contribution >= 4 is 28.6 Å². The molecule has 2 aromatic rings. The van der Waals surface area contributed by atoms with E-state index in [1.165, 1.54) is 18.2 Å². The number of nitrogens with zero attached hydrogens (tertiary/aromatic N) is 2. The third kappa shape index (κ3) is 3.84. The second-order valence-corrected chi connectivity index (χ2v) is 9.77. The van der Waals surface area contributed by atoms with Crippen molar-refractivity contribution in [1.82, 2.24) is 14.9 Å². The van der Waals surface area contributed by atoms with Gasteiger partial charge < -0.3 is 5.32 Å². The van der Waals surface area contributed by atoms with Crippen LogP contribution in [-0.2, 0) is 4.79 Å². The number of hydrogen-bond acceptors (Lipinski definition) is 4. The number of carbonyl (C=O) groups excluding carboxylic acids is 1. The molecule has 1 N–H and O–H groups in total. The quantitative estimate of drug-likeness (QED) is 0.606. The highest BCUT2D eigenvalue weighted by Crippen LogP contribution is 2.39. The molecular weight excluding hydrogens is 370 g/mol. The van der Waals surface area contributed by atoms with Crippen LogP contribution in [0.1, 0.15) is 58.9 Å². The zero-order valence-corrected chi connectivity index (χ0v) is 17.7. The van der Waals surface area contributed by atoms with Gasteiger partial charge in [-0.05, 0) is 50.2 Å². The molecule has 0 bridgehead atoms. The average Bonchev–Trinajstić information content (AvgIpc) is 3.49. The number of aromatic nitrogens is 2. The van der Waals surface area contributed by atoms with Gasteiger partial charge in [0, 0.05) is 12.1 Å². The van der Waals surface area contributed by atoms with Crippen LogP contribution in [0.15, 0.2) is 34.2 Å². The summed E-state index contributed by atoms with van der Waals surface area (Å²) < 4.78 is 1.90. The summed E-state index contributed by atoms with van der Waals surface area (Å²) in [6.07, 6.45) is 5.45. The molecule has 28 heavy (non-hydrogen) atoms. The van der Waals surface area contributed by atoms with Crippen LogP contribution in [-0.4, -0.2) is 26.8 Å². The monoisotopic (exact) mass is 399 g/mol. The van der Waals surface area contributed by atoms with Gasteiger partial charge in [-0.3, -0.25) is 14.2 Å². The summed E-state index contributed by atoms with van der Waals surface area (Å²) in [5.74, 6) is 1.02. The van der Waals surface area contributed by atoms with E-state index < -0.39 is 0 Å². The van der Waals surface area contributed by atoms with E-state index >= 15 is 0 Å². The first kappa shape index (κ1) is 19.5. The molecule has 1 heterocycles. The van der Waals surface area contributed by atoms with Gasteiger partial charge in [-0.15, -0.1) is 0 Å². The number of para-hydroxylation sites is 1. The van der Waals surface area contributed by atoms with E-state index in [9.17, 15) is 9.59 Å². The largest absolute Gasteiger partial charge is 0.352 e. The summed E-state index contributed by atoms with van der Waals surface area (Å²) in [6.45, 7) is 6.42. The first-order valence-electron chi connectivity index (χ1n) is 10.4. The Labute approximate surface area is 170 Å². The van der Waals surface area contributed by atoms with Crippen molar-refractivity contribution in [3.63, 3.8) is 0 Å². The van der Waals surface area contributed by atoms with Crippen molar-refractivity contribution in [2.24, 2.45) is 11.8 Å². The highest BCUT2D eigenvalue weighted by molar-refractivity contribution is 8.00. The Morgan fingerprint density at radius 1 is 1.21 bits per heavy atom. The molecule has 4 rings (SSSR count). The third-order valence-electron chi connectivity index (χ3n) is 6.35. The molecule has 1 amide bonds. The van der Waals surface area contributed by atoms with Gasteiger partial charge >= 0.3 is 0 Å². The van der Waals surface area contributed by atoms with E-state index in [-0.39, 0.29) is 22.8 Å². The molecule has 6 heteroatoms. The molecule has 2 saturated carbocycles. The lowest BCUT2D eigenvalue weighted by atomic mass is 9.78. The van der Waals surface area contributed by atoms with Crippen LogP contribution in [0.5, 0.6) is 0 Å². The number of benzene rings is 1. The highest BCUT2D eigenvalue weighted by atomic mass is 32.2. The van der Waals surface area contributed by atoms with E-state index in [0.29, 0.717) is 33.9 Å². The van der Waals surface area contributed by atoms with E-state index in [2.05, 4.69) is 19.2 Å². The van der Waals surface area contributed by atoms with Gasteiger partial charge in [0.1, 0.15) is 0 Å². The van der Waals surface area contributed by atoms with Gasteiger partial charge in [0.2, 0.25) is 5.91 Å². The number of thioether (sulfide) groups is 1. The van der Waals surface area contributed by atoms with Crippen molar-refractivity contribution in [2.45, 2.75) is 75.4 Å². The maximum absolute atomic E-state index is 13.4. The molecule has 4 atom stereocenters. The number of nitrogens with one attached hydrogen (secondary N) is 1. The molecule has 2 fully saturated rings. The summed E-state index contributed by atoms with van der Waals surface area (Å²) in [5.41, 5.74) is 0.728. The Bertz CT molecular complexity index is 937. The Kier molecular flexibility index (Phi) is 5.50. The SMILES string of the molecule is C[C@H]1[C@H](n2c(S[C@@H](C)C(=O)NC3CC3)nc3ccccc3c2=O)CCC[C@@H]1C. The summed E-state index contributed by atoms with van der Waals surface area (Å²) in [4.78, 5) is 30.8. The first-order valence-corrected chi connectivity index (χ1v) is 11.3. The van der Waals surface area contributed by atoms with E-state index in [0.717, 1.165) is 25.7 Å². The lowest BCUT2D eigenvalue weighted by molar-refractivity contribution is -0.120. The Balaban J connectivity index is 1.74. The Hall–Kier alpha value is -1.82. The highest BCUT2D eigenvalue weighted by Gasteiger charge is 2.33. The molecule has 0 spiro atoms. The predicted molar refractivity (Wildman–Crippen MR) is 114 cm³/mol. The van der Waals surface area contributed by atoms with Gasteiger partial charge in [-0.25, -0.2) is 4.98 Å². The maximum Gasteiger partial charge on any atom is 0.262 e. The Morgan fingerprint density at radius 2 is 1.96 bits per heavy atom. The van der Waals surface area contributed by atoms with Crippen LogP contribution < -0.4 is 10.9 Å². The van der Waals surface area contributed by atoms with Crippen LogP contribution in [0.4, 0.5) is 0 Å². The molecule has 1 aromatic carbocycles. The normalized spacial score (nSPS) is 26.2. The van der Waals surface area contributed by atoms with E-state index in [4.69, 9.17) is 4.98 Å². The number of carbonyl (C=O) groups is 1. The van der Waals surface area contributed by atoms with Crippen molar-refractivity contribution in [2.75, 3.05) is 0 Å². The van der Waals surface area contributed by atoms with Gasteiger partial charge in [0.25, 0.3) is 5.56 Å². The van der Waals surface area contributed by atoms with Crippen molar-refractivity contribution < 1.29 is 4.79 Å². The third-order valence-corrected chi connectivity index (χ3v) is 7.41.